The Morgan fingerprint density at radius 3 is 2.46 bits per heavy atom. The van der Waals surface area contributed by atoms with Crippen LogP contribution in [0.3, 0.4) is 0 Å². The molecule has 0 spiro atoms. The highest BCUT2D eigenvalue weighted by Crippen LogP contribution is 2.18. The molecular formula is C10H17ClN2. The van der Waals surface area contributed by atoms with Crippen LogP contribution in [0.5, 0.6) is 0 Å². The highest BCUT2D eigenvalue weighted by molar-refractivity contribution is 5.85. The number of halogens is 1. The zero-order valence-electron chi connectivity index (χ0n) is 8.32. The van der Waals surface area contributed by atoms with Gasteiger partial charge in [-0.1, -0.05) is 19.9 Å². The molecule has 1 aromatic rings. The summed E-state index contributed by atoms with van der Waals surface area (Å²) in [6, 6.07) is 4.04. The van der Waals surface area contributed by atoms with Gasteiger partial charge < -0.3 is 5.73 Å². The predicted molar refractivity (Wildman–Crippen MR) is 58.0 cm³/mol. The minimum Gasteiger partial charge on any atom is -0.322 e. The molecule has 13 heavy (non-hydrogen) atoms. The van der Waals surface area contributed by atoms with Crippen LogP contribution in [0.4, 0.5) is 0 Å². The molecule has 2 nitrogen and oxygen atoms in total. The fourth-order valence-corrected chi connectivity index (χ4v) is 1.16. The molecule has 0 aliphatic carbocycles. The maximum absolute atomic E-state index is 5.98. The number of nitrogens with zero attached hydrogens (tertiary/aromatic N) is 1. The Hall–Kier alpha value is -0.600. The molecule has 0 bridgehead atoms. The van der Waals surface area contributed by atoms with Crippen molar-refractivity contribution in [1.82, 2.24) is 4.98 Å². The van der Waals surface area contributed by atoms with Gasteiger partial charge in [-0.3, -0.25) is 4.98 Å². The molecule has 2 N–H and O–H groups in total. The summed E-state index contributed by atoms with van der Waals surface area (Å²) in [5.41, 5.74) is 8.18. The zero-order valence-corrected chi connectivity index (χ0v) is 9.14. The monoisotopic (exact) mass is 200 g/mol. The van der Waals surface area contributed by atoms with Gasteiger partial charge in [0.1, 0.15) is 0 Å². The predicted octanol–water partition coefficient (Wildman–Crippen LogP) is 2.47. The number of nitrogens with two attached hydrogens (primary N) is 1. The molecule has 1 aromatic heterocycles. The Bertz CT molecular complexity index is 261. The van der Waals surface area contributed by atoms with Crippen molar-refractivity contribution in [3.63, 3.8) is 0 Å². The Morgan fingerprint density at radius 2 is 2.00 bits per heavy atom. The number of hydrogen-bond acceptors (Lipinski definition) is 2. The number of rotatable bonds is 2. The van der Waals surface area contributed by atoms with Gasteiger partial charge >= 0.3 is 0 Å². The van der Waals surface area contributed by atoms with Crippen LogP contribution in [0.2, 0.25) is 0 Å². The molecule has 1 atom stereocenters. The number of aryl methyl sites for hydroxylation is 1. The average Bonchev–Trinajstić information content (AvgIpc) is 2.04. The lowest BCUT2D eigenvalue weighted by atomic mass is 9.99. The van der Waals surface area contributed by atoms with Crippen molar-refractivity contribution in [3.8, 4) is 0 Å². The topological polar surface area (TPSA) is 38.9 Å². The summed E-state index contributed by atoms with van der Waals surface area (Å²) in [4.78, 5) is 4.27. The summed E-state index contributed by atoms with van der Waals surface area (Å²) in [6.07, 6.45) is 1.80. The Labute approximate surface area is 86.0 Å². The van der Waals surface area contributed by atoms with Crippen molar-refractivity contribution in [2.75, 3.05) is 0 Å². The summed E-state index contributed by atoms with van der Waals surface area (Å²) in [5, 5.41) is 0. The Morgan fingerprint density at radius 1 is 1.38 bits per heavy atom. The normalized spacial score (nSPS) is 12.4. The van der Waals surface area contributed by atoms with Crippen molar-refractivity contribution >= 4 is 12.4 Å². The van der Waals surface area contributed by atoms with Gasteiger partial charge in [-0.05, 0) is 24.5 Å². The minimum absolute atomic E-state index is 0. The van der Waals surface area contributed by atoms with Crippen LogP contribution >= 0.6 is 12.4 Å². The summed E-state index contributed by atoms with van der Waals surface area (Å²) in [6.45, 7) is 6.27. The SMILES string of the molecule is Cc1cccnc1[C@@H](N)C(C)C.Cl. The van der Waals surface area contributed by atoms with Crippen LogP contribution in [0.25, 0.3) is 0 Å². The standard InChI is InChI=1S/C10H16N2.ClH/c1-7(2)9(11)10-8(3)5-4-6-12-10;/h4-7,9H,11H2,1-3H3;1H/t9-;/m0./s1. The summed E-state index contributed by atoms with van der Waals surface area (Å²) >= 11 is 0. The lowest BCUT2D eigenvalue weighted by molar-refractivity contribution is 0.501. The molecule has 0 aromatic carbocycles. The molecule has 3 heteroatoms. The van der Waals surface area contributed by atoms with E-state index in [4.69, 9.17) is 5.73 Å². The van der Waals surface area contributed by atoms with E-state index in [-0.39, 0.29) is 18.4 Å². The largest absolute Gasteiger partial charge is 0.322 e. The van der Waals surface area contributed by atoms with E-state index in [1.165, 1.54) is 5.56 Å². The van der Waals surface area contributed by atoms with Crippen LogP contribution in [0.15, 0.2) is 18.3 Å². The zero-order chi connectivity index (χ0) is 9.14. The molecular weight excluding hydrogens is 184 g/mol. The minimum atomic E-state index is 0. The third kappa shape index (κ3) is 2.98. The van der Waals surface area contributed by atoms with E-state index in [0.717, 1.165) is 5.69 Å². The van der Waals surface area contributed by atoms with Crippen molar-refractivity contribution in [2.45, 2.75) is 26.8 Å². The molecule has 74 valence electrons. The average molecular weight is 201 g/mol. The molecule has 0 amide bonds. The summed E-state index contributed by atoms with van der Waals surface area (Å²) in [5.74, 6) is 0.443. The van der Waals surface area contributed by atoms with Gasteiger partial charge in [-0.25, -0.2) is 0 Å². The second-order valence-electron chi connectivity index (χ2n) is 3.48. The summed E-state index contributed by atoms with van der Waals surface area (Å²) < 4.78 is 0. The van der Waals surface area contributed by atoms with E-state index in [9.17, 15) is 0 Å². The Kier molecular flexibility index (Phi) is 4.96. The molecule has 0 saturated heterocycles. The van der Waals surface area contributed by atoms with Gasteiger partial charge in [-0.15, -0.1) is 12.4 Å². The van der Waals surface area contributed by atoms with Gasteiger partial charge in [-0.2, -0.15) is 0 Å². The van der Waals surface area contributed by atoms with Crippen LogP contribution in [0, 0.1) is 12.8 Å². The molecule has 0 aliphatic rings. The first-order valence-corrected chi connectivity index (χ1v) is 4.30. The van der Waals surface area contributed by atoms with Gasteiger partial charge in [0.2, 0.25) is 0 Å². The number of hydrogen-bond donors (Lipinski definition) is 1. The highest BCUT2D eigenvalue weighted by atomic mass is 35.5. The maximum atomic E-state index is 5.98. The van der Waals surface area contributed by atoms with E-state index < -0.39 is 0 Å². The third-order valence-electron chi connectivity index (χ3n) is 2.08. The third-order valence-corrected chi connectivity index (χ3v) is 2.08. The molecule has 0 radical (unpaired) electrons. The van der Waals surface area contributed by atoms with Crippen LogP contribution in [0.1, 0.15) is 31.1 Å². The second kappa shape index (κ2) is 5.20. The first-order chi connectivity index (χ1) is 5.63. The smallest absolute Gasteiger partial charge is 0.0602 e. The number of aromatic nitrogens is 1. The lowest BCUT2D eigenvalue weighted by Gasteiger charge is -2.16. The van der Waals surface area contributed by atoms with Gasteiger partial charge in [0.15, 0.2) is 0 Å². The summed E-state index contributed by atoms with van der Waals surface area (Å²) in [7, 11) is 0. The van der Waals surface area contributed by atoms with E-state index in [1.807, 2.05) is 19.1 Å². The molecule has 0 fully saturated rings. The number of pyridine rings is 1. The van der Waals surface area contributed by atoms with Crippen LogP contribution in [-0.2, 0) is 0 Å². The van der Waals surface area contributed by atoms with Crippen LogP contribution in [-0.4, -0.2) is 4.98 Å². The molecule has 1 rings (SSSR count). The first kappa shape index (κ1) is 12.4. The van der Waals surface area contributed by atoms with E-state index >= 15 is 0 Å². The molecule has 0 aliphatic heterocycles. The van der Waals surface area contributed by atoms with Gasteiger partial charge in [0.05, 0.1) is 5.69 Å². The van der Waals surface area contributed by atoms with Crippen molar-refractivity contribution in [1.29, 1.82) is 0 Å². The lowest BCUT2D eigenvalue weighted by Crippen LogP contribution is -2.19. The van der Waals surface area contributed by atoms with E-state index in [0.29, 0.717) is 5.92 Å². The van der Waals surface area contributed by atoms with Crippen molar-refractivity contribution in [3.05, 3.63) is 29.6 Å². The highest BCUT2D eigenvalue weighted by Gasteiger charge is 2.12. The first-order valence-electron chi connectivity index (χ1n) is 4.30. The fourth-order valence-electron chi connectivity index (χ4n) is 1.16. The molecule has 0 unspecified atom stereocenters. The van der Waals surface area contributed by atoms with Crippen molar-refractivity contribution < 1.29 is 0 Å². The van der Waals surface area contributed by atoms with Gasteiger partial charge in [0.25, 0.3) is 0 Å². The van der Waals surface area contributed by atoms with E-state index in [1.54, 1.807) is 6.20 Å². The molecule has 0 saturated carbocycles. The van der Waals surface area contributed by atoms with Gasteiger partial charge in [0, 0.05) is 12.2 Å². The quantitative estimate of drug-likeness (QED) is 0.797. The Balaban J connectivity index is 0.00000144. The van der Waals surface area contributed by atoms with Crippen LogP contribution < -0.4 is 5.73 Å². The fraction of sp³-hybridized carbons (Fsp3) is 0.500. The second-order valence-corrected chi connectivity index (χ2v) is 3.48. The van der Waals surface area contributed by atoms with E-state index in [2.05, 4.69) is 18.8 Å². The van der Waals surface area contributed by atoms with Crippen molar-refractivity contribution in [2.24, 2.45) is 11.7 Å². The molecule has 1 heterocycles. The maximum Gasteiger partial charge on any atom is 0.0602 e.